The Kier molecular flexibility index (Phi) is 3.48. The monoisotopic (exact) mass is 276 g/mol. The Bertz CT molecular complexity index is 682. The summed E-state index contributed by atoms with van der Waals surface area (Å²) in [4.78, 5) is 0.261. The molecule has 0 radical (unpaired) electrons. The first kappa shape index (κ1) is 13.4. The number of hydrogen-bond acceptors (Lipinski definition) is 3. The molecule has 5 heteroatoms. The van der Waals surface area contributed by atoms with Crippen LogP contribution >= 0.6 is 0 Å². The normalized spacial score (nSPS) is 11.3. The highest BCUT2D eigenvalue weighted by atomic mass is 32.2. The van der Waals surface area contributed by atoms with Gasteiger partial charge in [-0.15, -0.1) is 0 Å². The van der Waals surface area contributed by atoms with Gasteiger partial charge in [0.2, 0.25) is 0 Å². The van der Waals surface area contributed by atoms with Gasteiger partial charge in [-0.3, -0.25) is 4.31 Å². The smallest absolute Gasteiger partial charge is 0.264 e. The number of aryl methyl sites for hydroxylation is 1. The molecule has 19 heavy (non-hydrogen) atoms. The van der Waals surface area contributed by atoms with Crippen molar-refractivity contribution in [3.8, 4) is 0 Å². The summed E-state index contributed by atoms with van der Waals surface area (Å²) in [5.74, 6) is 0. The average molecular weight is 276 g/mol. The van der Waals surface area contributed by atoms with Crippen LogP contribution in [0.3, 0.4) is 0 Å². The largest absolute Gasteiger partial charge is 0.398 e. The molecule has 0 saturated heterocycles. The van der Waals surface area contributed by atoms with E-state index in [0.29, 0.717) is 11.4 Å². The van der Waals surface area contributed by atoms with Crippen LogP contribution in [0.15, 0.2) is 53.4 Å². The van der Waals surface area contributed by atoms with E-state index < -0.39 is 10.0 Å². The number of nitrogens with zero attached hydrogens (tertiary/aromatic N) is 1. The highest BCUT2D eigenvalue weighted by Gasteiger charge is 2.20. The van der Waals surface area contributed by atoms with Gasteiger partial charge in [0.1, 0.15) is 0 Å². The lowest BCUT2D eigenvalue weighted by atomic mass is 10.2. The fourth-order valence-corrected chi connectivity index (χ4v) is 2.92. The van der Waals surface area contributed by atoms with E-state index in [1.165, 1.54) is 11.4 Å². The average Bonchev–Trinajstić information content (AvgIpc) is 2.42. The van der Waals surface area contributed by atoms with Crippen molar-refractivity contribution >= 4 is 21.4 Å². The SMILES string of the molecule is Cc1ccc(N(C)S(=O)(=O)c2ccccc2)cc1N. The van der Waals surface area contributed by atoms with Crippen LogP contribution in [-0.2, 0) is 10.0 Å². The third-order valence-electron chi connectivity index (χ3n) is 3.03. The Labute approximate surface area is 113 Å². The molecule has 0 atom stereocenters. The van der Waals surface area contributed by atoms with Gasteiger partial charge in [0.05, 0.1) is 10.6 Å². The first-order valence-corrected chi connectivity index (χ1v) is 7.27. The molecular formula is C14H16N2O2S. The molecule has 0 bridgehead atoms. The lowest BCUT2D eigenvalue weighted by molar-refractivity contribution is 0.594. The van der Waals surface area contributed by atoms with E-state index in [0.717, 1.165) is 5.56 Å². The van der Waals surface area contributed by atoms with Gasteiger partial charge < -0.3 is 5.73 Å². The molecule has 0 heterocycles. The summed E-state index contributed by atoms with van der Waals surface area (Å²) in [6, 6.07) is 13.5. The van der Waals surface area contributed by atoms with Gasteiger partial charge >= 0.3 is 0 Å². The first-order valence-electron chi connectivity index (χ1n) is 5.83. The molecule has 0 aliphatic heterocycles. The molecule has 0 aromatic heterocycles. The van der Waals surface area contributed by atoms with Gasteiger partial charge in [-0.2, -0.15) is 0 Å². The van der Waals surface area contributed by atoms with Crippen molar-refractivity contribution in [1.82, 2.24) is 0 Å². The van der Waals surface area contributed by atoms with E-state index in [9.17, 15) is 8.42 Å². The molecule has 2 aromatic rings. The number of anilines is 2. The summed E-state index contributed by atoms with van der Waals surface area (Å²) in [6.07, 6.45) is 0. The van der Waals surface area contributed by atoms with Gasteiger partial charge in [-0.05, 0) is 36.8 Å². The number of benzene rings is 2. The van der Waals surface area contributed by atoms with Crippen molar-refractivity contribution in [2.45, 2.75) is 11.8 Å². The molecule has 0 saturated carbocycles. The minimum Gasteiger partial charge on any atom is -0.398 e. The van der Waals surface area contributed by atoms with Crippen molar-refractivity contribution in [1.29, 1.82) is 0 Å². The topological polar surface area (TPSA) is 63.4 Å². The van der Waals surface area contributed by atoms with Crippen LogP contribution in [0.1, 0.15) is 5.56 Å². The van der Waals surface area contributed by atoms with E-state index in [4.69, 9.17) is 5.73 Å². The summed E-state index contributed by atoms with van der Waals surface area (Å²) in [7, 11) is -2.02. The Balaban J connectivity index is 2.44. The van der Waals surface area contributed by atoms with Crippen molar-refractivity contribution in [2.75, 3.05) is 17.1 Å². The summed E-state index contributed by atoms with van der Waals surface area (Å²) in [5.41, 5.74) is 7.87. The Morgan fingerprint density at radius 3 is 2.26 bits per heavy atom. The molecule has 0 fully saturated rings. The maximum atomic E-state index is 12.4. The summed E-state index contributed by atoms with van der Waals surface area (Å²) in [5, 5.41) is 0. The van der Waals surface area contributed by atoms with Crippen LogP contribution < -0.4 is 10.0 Å². The van der Waals surface area contributed by atoms with Gasteiger partial charge in [0, 0.05) is 12.7 Å². The third-order valence-corrected chi connectivity index (χ3v) is 4.83. The maximum absolute atomic E-state index is 12.4. The van der Waals surface area contributed by atoms with Crippen LogP contribution in [0.4, 0.5) is 11.4 Å². The quantitative estimate of drug-likeness (QED) is 0.876. The molecule has 4 nitrogen and oxygen atoms in total. The fourth-order valence-electron chi connectivity index (χ4n) is 1.71. The summed E-state index contributed by atoms with van der Waals surface area (Å²) < 4.78 is 26.1. The van der Waals surface area contributed by atoms with Crippen LogP contribution in [0, 0.1) is 6.92 Å². The minimum absolute atomic E-state index is 0.261. The van der Waals surface area contributed by atoms with Crippen molar-refractivity contribution in [3.63, 3.8) is 0 Å². The molecule has 2 aromatic carbocycles. The van der Waals surface area contributed by atoms with E-state index >= 15 is 0 Å². The predicted octanol–water partition coefficient (Wildman–Crippen LogP) is 2.40. The molecule has 0 unspecified atom stereocenters. The molecular weight excluding hydrogens is 260 g/mol. The number of nitrogens with two attached hydrogens (primary N) is 1. The highest BCUT2D eigenvalue weighted by molar-refractivity contribution is 7.92. The number of sulfonamides is 1. The standard InChI is InChI=1S/C14H16N2O2S/c1-11-8-9-12(10-14(11)15)16(2)19(17,18)13-6-4-3-5-7-13/h3-10H,15H2,1-2H3. The molecule has 2 N–H and O–H groups in total. The molecule has 0 spiro atoms. The second kappa shape index (κ2) is 4.93. The van der Waals surface area contributed by atoms with E-state index in [2.05, 4.69) is 0 Å². The Morgan fingerprint density at radius 2 is 1.68 bits per heavy atom. The van der Waals surface area contributed by atoms with Crippen LogP contribution in [-0.4, -0.2) is 15.5 Å². The molecule has 0 aliphatic carbocycles. The van der Waals surface area contributed by atoms with Crippen LogP contribution in [0.2, 0.25) is 0 Å². The fraction of sp³-hybridized carbons (Fsp3) is 0.143. The van der Waals surface area contributed by atoms with Crippen molar-refractivity contribution < 1.29 is 8.42 Å². The minimum atomic E-state index is -3.54. The zero-order chi connectivity index (χ0) is 14.0. The molecule has 0 aliphatic rings. The third kappa shape index (κ3) is 2.56. The van der Waals surface area contributed by atoms with Crippen LogP contribution in [0.5, 0.6) is 0 Å². The van der Waals surface area contributed by atoms with Gasteiger partial charge in [0.15, 0.2) is 0 Å². The van der Waals surface area contributed by atoms with E-state index in [-0.39, 0.29) is 4.90 Å². The summed E-state index contributed by atoms with van der Waals surface area (Å²) in [6.45, 7) is 1.88. The first-order chi connectivity index (χ1) is 8.93. The second-order valence-electron chi connectivity index (χ2n) is 4.33. The number of hydrogen-bond donors (Lipinski definition) is 1. The number of nitrogen functional groups attached to an aromatic ring is 1. The van der Waals surface area contributed by atoms with Gasteiger partial charge in [-0.25, -0.2) is 8.42 Å². The zero-order valence-corrected chi connectivity index (χ0v) is 11.7. The number of rotatable bonds is 3. The van der Waals surface area contributed by atoms with Gasteiger partial charge in [-0.1, -0.05) is 24.3 Å². The highest BCUT2D eigenvalue weighted by Crippen LogP contribution is 2.25. The van der Waals surface area contributed by atoms with E-state index in [1.54, 1.807) is 42.5 Å². The zero-order valence-electron chi connectivity index (χ0n) is 10.9. The summed E-state index contributed by atoms with van der Waals surface area (Å²) >= 11 is 0. The second-order valence-corrected chi connectivity index (χ2v) is 6.30. The lowest BCUT2D eigenvalue weighted by Crippen LogP contribution is -2.26. The molecule has 2 rings (SSSR count). The van der Waals surface area contributed by atoms with Crippen molar-refractivity contribution in [2.24, 2.45) is 0 Å². The van der Waals surface area contributed by atoms with Gasteiger partial charge in [0.25, 0.3) is 10.0 Å². The van der Waals surface area contributed by atoms with Crippen molar-refractivity contribution in [3.05, 3.63) is 54.1 Å². The Hall–Kier alpha value is -2.01. The Morgan fingerprint density at radius 1 is 1.05 bits per heavy atom. The molecule has 0 amide bonds. The predicted molar refractivity (Wildman–Crippen MR) is 77.6 cm³/mol. The lowest BCUT2D eigenvalue weighted by Gasteiger charge is -2.20. The van der Waals surface area contributed by atoms with Crippen LogP contribution in [0.25, 0.3) is 0 Å². The maximum Gasteiger partial charge on any atom is 0.264 e. The van der Waals surface area contributed by atoms with E-state index in [1.807, 2.05) is 13.0 Å². The molecule has 100 valence electrons.